The highest BCUT2D eigenvalue weighted by Gasteiger charge is 2.46. The Balaban J connectivity index is 2.32. The van der Waals surface area contributed by atoms with Crippen molar-refractivity contribution in [2.24, 2.45) is 15.4 Å². The van der Waals surface area contributed by atoms with Gasteiger partial charge in [-0.15, -0.1) is 4.36 Å². The normalized spacial score (nSPS) is 25.2. The summed E-state index contributed by atoms with van der Waals surface area (Å²) in [6, 6.07) is 8.22. The van der Waals surface area contributed by atoms with Crippen LogP contribution in [-0.2, 0) is 19.4 Å². The van der Waals surface area contributed by atoms with Crippen LogP contribution in [0.25, 0.3) is 0 Å². The Bertz CT molecular complexity index is 794. The zero-order chi connectivity index (χ0) is 19.6. The van der Waals surface area contributed by atoms with E-state index in [-0.39, 0.29) is 10.8 Å². The lowest BCUT2D eigenvalue weighted by atomic mass is 9.95. The Morgan fingerprint density at radius 2 is 1.92 bits per heavy atom. The first-order valence-electron chi connectivity index (χ1n) is 8.59. The Hall–Kier alpha value is -1.93. The molecule has 1 aromatic carbocycles. The first-order chi connectivity index (χ1) is 11.9. The van der Waals surface area contributed by atoms with Gasteiger partial charge < -0.3 is 10.1 Å². The van der Waals surface area contributed by atoms with E-state index in [0.29, 0.717) is 12.8 Å². The third-order valence-electron chi connectivity index (χ3n) is 4.21. The number of benzene rings is 1. The summed E-state index contributed by atoms with van der Waals surface area (Å²) < 4.78 is 21.8. The number of carbonyl (C=O) groups excluding carboxylic acids is 2. The first-order valence-corrected chi connectivity index (χ1v) is 10.2. The van der Waals surface area contributed by atoms with Crippen molar-refractivity contribution >= 4 is 21.9 Å². The average molecular weight is 381 g/mol. The Morgan fingerprint density at radius 3 is 2.42 bits per heavy atom. The molecular weight excluding hydrogens is 354 g/mol. The molecule has 0 heterocycles. The molecule has 3 atom stereocenters. The third-order valence-corrected chi connectivity index (χ3v) is 5.59. The Kier molecular flexibility index (Phi) is 5.77. The lowest BCUT2D eigenvalue weighted by Gasteiger charge is -2.29. The Morgan fingerprint density at radius 1 is 1.31 bits per heavy atom. The summed E-state index contributed by atoms with van der Waals surface area (Å²) in [7, 11) is -3.39. The van der Waals surface area contributed by atoms with E-state index in [4.69, 9.17) is 9.88 Å². The number of amides is 2. The van der Waals surface area contributed by atoms with Crippen molar-refractivity contribution in [2.75, 3.05) is 0 Å². The number of hydrogen-bond acceptors (Lipinski definition) is 4. The van der Waals surface area contributed by atoms with E-state index in [1.54, 1.807) is 51.1 Å². The largest absolute Gasteiger partial charge is 0.444 e. The molecule has 1 saturated carbocycles. The molecule has 1 aliphatic rings. The molecule has 0 spiro atoms. The van der Waals surface area contributed by atoms with Gasteiger partial charge in [-0.25, -0.2) is 14.1 Å². The molecule has 3 unspecified atom stereocenters. The third kappa shape index (κ3) is 5.04. The SMILES string of the molecule is CC1CCC(NC(=O)OC(C)(C)C)(C(=O)N=S(N)(=O)c2ccccc2)C1. The molecule has 1 fully saturated rings. The minimum atomic E-state index is -3.39. The smallest absolute Gasteiger partial charge is 0.408 e. The number of nitrogens with zero attached hydrogens (tertiary/aromatic N) is 1. The van der Waals surface area contributed by atoms with Crippen molar-refractivity contribution in [3.63, 3.8) is 0 Å². The fourth-order valence-corrected chi connectivity index (χ4v) is 4.10. The maximum atomic E-state index is 12.9. The lowest BCUT2D eigenvalue weighted by Crippen LogP contribution is -2.53. The van der Waals surface area contributed by atoms with Gasteiger partial charge in [0.25, 0.3) is 5.91 Å². The average Bonchev–Trinajstić information content (AvgIpc) is 2.88. The minimum Gasteiger partial charge on any atom is -0.444 e. The van der Waals surface area contributed by atoms with Crippen molar-refractivity contribution in [3.8, 4) is 0 Å². The summed E-state index contributed by atoms with van der Waals surface area (Å²) in [5.74, 6) is -0.460. The van der Waals surface area contributed by atoms with Crippen LogP contribution >= 0.6 is 0 Å². The molecule has 7 nitrogen and oxygen atoms in total. The molecule has 0 saturated heterocycles. The van der Waals surface area contributed by atoms with E-state index >= 15 is 0 Å². The molecule has 0 bridgehead atoms. The Labute approximate surface area is 155 Å². The van der Waals surface area contributed by atoms with E-state index in [1.807, 2.05) is 6.92 Å². The van der Waals surface area contributed by atoms with Gasteiger partial charge in [-0.2, -0.15) is 0 Å². The second kappa shape index (κ2) is 7.36. The predicted octanol–water partition coefficient (Wildman–Crippen LogP) is 3.00. The van der Waals surface area contributed by atoms with Crippen LogP contribution in [0, 0.1) is 5.92 Å². The van der Waals surface area contributed by atoms with Gasteiger partial charge in [0.05, 0.1) is 4.90 Å². The second-order valence-corrected chi connectivity index (χ2v) is 9.63. The lowest BCUT2D eigenvalue weighted by molar-refractivity contribution is -0.124. The summed E-state index contributed by atoms with van der Waals surface area (Å²) in [5, 5.41) is 8.50. The monoisotopic (exact) mass is 381 g/mol. The van der Waals surface area contributed by atoms with Gasteiger partial charge in [0.1, 0.15) is 21.1 Å². The van der Waals surface area contributed by atoms with Gasteiger partial charge in [0, 0.05) is 0 Å². The van der Waals surface area contributed by atoms with Crippen LogP contribution in [0.3, 0.4) is 0 Å². The van der Waals surface area contributed by atoms with Crippen molar-refractivity contribution in [2.45, 2.75) is 63.0 Å². The molecule has 2 rings (SSSR count). The van der Waals surface area contributed by atoms with Crippen molar-refractivity contribution in [3.05, 3.63) is 30.3 Å². The number of ether oxygens (including phenoxy) is 1. The second-order valence-electron chi connectivity index (χ2n) is 7.84. The molecular formula is C18H27N3O4S. The van der Waals surface area contributed by atoms with Crippen LogP contribution in [0.4, 0.5) is 4.79 Å². The molecule has 26 heavy (non-hydrogen) atoms. The molecule has 144 valence electrons. The highest BCUT2D eigenvalue weighted by molar-refractivity contribution is 7.91. The number of alkyl carbamates (subject to hydrolysis) is 1. The van der Waals surface area contributed by atoms with Crippen molar-refractivity contribution in [1.82, 2.24) is 5.32 Å². The van der Waals surface area contributed by atoms with E-state index in [0.717, 1.165) is 6.42 Å². The van der Waals surface area contributed by atoms with E-state index in [9.17, 15) is 13.8 Å². The number of nitrogens with one attached hydrogen (secondary N) is 1. The van der Waals surface area contributed by atoms with E-state index < -0.39 is 33.1 Å². The topological polar surface area (TPSA) is 111 Å². The molecule has 0 radical (unpaired) electrons. The molecule has 8 heteroatoms. The number of nitrogens with two attached hydrogens (primary N) is 1. The summed E-state index contributed by atoms with van der Waals surface area (Å²) in [6.45, 7) is 7.21. The molecule has 1 aromatic rings. The maximum absolute atomic E-state index is 12.9. The molecule has 3 N–H and O–H groups in total. The number of rotatable bonds is 3. The molecule has 2 amide bonds. The zero-order valence-corrected chi connectivity index (χ0v) is 16.5. The van der Waals surface area contributed by atoms with Crippen LogP contribution in [-0.4, -0.2) is 27.3 Å². The van der Waals surface area contributed by atoms with E-state index in [1.165, 1.54) is 0 Å². The standard InChI is InChI=1S/C18H27N3O4S/c1-13-10-11-18(12-13,20-16(23)25-17(2,3)4)15(22)21-26(19,24)14-8-6-5-7-9-14/h5-9,13H,10-12H2,1-4H3,(H,20,23)(H2,19,21,22,24). The highest BCUT2D eigenvalue weighted by Crippen LogP contribution is 2.36. The van der Waals surface area contributed by atoms with Crippen LogP contribution in [0.5, 0.6) is 0 Å². The fraction of sp³-hybridized carbons (Fsp3) is 0.556. The van der Waals surface area contributed by atoms with Gasteiger partial charge in [0.2, 0.25) is 0 Å². The van der Waals surface area contributed by atoms with Gasteiger partial charge in [-0.05, 0) is 58.1 Å². The minimum absolute atomic E-state index is 0.217. The first kappa shape index (κ1) is 20.4. The van der Waals surface area contributed by atoms with Crippen molar-refractivity contribution < 1.29 is 18.5 Å². The van der Waals surface area contributed by atoms with Crippen LogP contribution < -0.4 is 10.5 Å². The van der Waals surface area contributed by atoms with Crippen LogP contribution in [0.1, 0.15) is 47.0 Å². The van der Waals surface area contributed by atoms with Crippen LogP contribution in [0.15, 0.2) is 39.6 Å². The highest BCUT2D eigenvalue weighted by atomic mass is 32.2. The quantitative estimate of drug-likeness (QED) is 0.838. The number of carbonyl (C=O) groups is 2. The summed E-state index contributed by atoms with van der Waals surface area (Å²) in [6.07, 6.45) is 0.853. The van der Waals surface area contributed by atoms with E-state index in [2.05, 4.69) is 9.68 Å². The van der Waals surface area contributed by atoms with Crippen LogP contribution in [0.2, 0.25) is 0 Å². The molecule has 0 aliphatic heterocycles. The maximum Gasteiger partial charge on any atom is 0.408 e. The fourth-order valence-electron chi connectivity index (χ4n) is 3.03. The van der Waals surface area contributed by atoms with Gasteiger partial charge >= 0.3 is 6.09 Å². The summed E-state index contributed by atoms with van der Waals surface area (Å²) >= 11 is 0. The van der Waals surface area contributed by atoms with Gasteiger partial charge in [0.15, 0.2) is 0 Å². The van der Waals surface area contributed by atoms with Gasteiger partial charge in [-0.1, -0.05) is 25.1 Å². The molecule has 0 aromatic heterocycles. The zero-order valence-electron chi connectivity index (χ0n) is 15.7. The molecule has 1 aliphatic carbocycles. The summed E-state index contributed by atoms with van der Waals surface area (Å²) in [4.78, 5) is 25.4. The van der Waals surface area contributed by atoms with Gasteiger partial charge in [-0.3, -0.25) is 4.79 Å². The number of hydrogen-bond donors (Lipinski definition) is 2. The van der Waals surface area contributed by atoms with Crippen molar-refractivity contribution in [1.29, 1.82) is 0 Å². The summed E-state index contributed by atoms with van der Waals surface area (Å²) in [5.41, 5.74) is -1.93. The predicted molar refractivity (Wildman–Crippen MR) is 99.6 cm³/mol.